The minimum atomic E-state index is 0.298. The van der Waals surface area contributed by atoms with E-state index < -0.39 is 0 Å². The van der Waals surface area contributed by atoms with Gasteiger partial charge in [0, 0.05) is 0 Å². The Balaban J connectivity index is 2.10. The quantitative estimate of drug-likeness (QED) is 0.547. The fourth-order valence-corrected chi connectivity index (χ4v) is 4.17. The molecule has 1 aliphatic carbocycles. The lowest BCUT2D eigenvalue weighted by Gasteiger charge is -2.22. The predicted molar refractivity (Wildman–Crippen MR) is 108 cm³/mol. The Kier molecular flexibility index (Phi) is 6.38. The summed E-state index contributed by atoms with van der Waals surface area (Å²) in [6.07, 6.45) is 10.0. The molecule has 1 aliphatic rings. The van der Waals surface area contributed by atoms with Crippen LogP contribution in [0.15, 0.2) is 54.1 Å². The summed E-state index contributed by atoms with van der Waals surface area (Å²) in [4.78, 5) is 0. The van der Waals surface area contributed by atoms with Crippen molar-refractivity contribution in [3.05, 3.63) is 65.2 Å². The van der Waals surface area contributed by atoms with Gasteiger partial charge >= 0.3 is 0 Å². The Labute approximate surface area is 157 Å². The van der Waals surface area contributed by atoms with E-state index in [1.165, 1.54) is 50.5 Å². The van der Waals surface area contributed by atoms with E-state index in [2.05, 4.69) is 6.92 Å². The van der Waals surface area contributed by atoms with E-state index in [1.807, 2.05) is 24.3 Å². The minimum Gasteiger partial charge on any atom is -0.508 e. The Bertz CT molecular complexity index is 672. The van der Waals surface area contributed by atoms with E-state index in [-0.39, 0.29) is 0 Å². The van der Waals surface area contributed by atoms with Gasteiger partial charge in [0.25, 0.3) is 0 Å². The number of hydrogen-bond acceptors (Lipinski definition) is 2. The number of hydrogen-bond donors (Lipinski definition) is 2. The molecule has 1 fully saturated rings. The predicted octanol–water partition coefficient (Wildman–Crippen LogP) is 6.67. The maximum atomic E-state index is 9.72. The van der Waals surface area contributed by atoms with E-state index in [1.54, 1.807) is 29.8 Å². The molecule has 0 amide bonds. The van der Waals surface area contributed by atoms with Crippen molar-refractivity contribution in [2.45, 2.75) is 58.3 Å². The monoisotopic (exact) mass is 350 g/mol. The molecule has 0 bridgehead atoms. The van der Waals surface area contributed by atoms with Crippen LogP contribution in [0.4, 0.5) is 0 Å². The van der Waals surface area contributed by atoms with Crippen molar-refractivity contribution in [2.75, 3.05) is 0 Å². The third-order valence-corrected chi connectivity index (χ3v) is 5.53. The second kappa shape index (κ2) is 8.93. The summed E-state index contributed by atoms with van der Waals surface area (Å²) in [7, 11) is 0. The van der Waals surface area contributed by atoms with Crippen LogP contribution < -0.4 is 0 Å². The molecule has 0 heterocycles. The molecular weight excluding hydrogens is 320 g/mol. The zero-order valence-corrected chi connectivity index (χ0v) is 15.7. The summed E-state index contributed by atoms with van der Waals surface area (Å²) in [5.74, 6) is 1.25. The van der Waals surface area contributed by atoms with E-state index in [0.29, 0.717) is 17.4 Å². The number of allylic oxidation sites excluding steroid dienone is 1. The van der Waals surface area contributed by atoms with Crippen molar-refractivity contribution in [1.82, 2.24) is 0 Å². The molecule has 0 saturated heterocycles. The molecule has 2 N–H and O–H groups in total. The summed E-state index contributed by atoms with van der Waals surface area (Å²) < 4.78 is 0. The van der Waals surface area contributed by atoms with Crippen molar-refractivity contribution < 1.29 is 10.2 Å². The summed E-state index contributed by atoms with van der Waals surface area (Å²) >= 11 is 0. The molecule has 138 valence electrons. The largest absolute Gasteiger partial charge is 0.508 e. The average Bonchev–Trinajstić information content (AvgIpc) is 3.18. The van der Waals surface area contributed by atoms with Crippen LogP contribution in [-0.4, -0.2) is 10.2 Å². The van der Waals surface area contributed by atoms with Gasteiger partial charge in [0.05, 0.1) is 0 Å². The smallest absolute Gasteiger partial charge is 0.115 e. The molecule has 2 heteroatoms. The highest BCUT2D eigenvalue weighted by atomic mass is 16.3. The molecule has 0 spiro atoms. The molecule has 0 atom stereocenters. The van der Waals surface area contributed by atoms with Crippen molar-refractivity contribution in [1.29, 1.82) is 0 Å². The van der Waals surface area contributed by atoms with E-state index in [9.17, 15) is 10.2 Å². The summed E-state index contributed by atoms with van der Waals surface area (Å²) in [6.45, 7) is 2.25. The lowest BCUT2D eigenvalue weighted by molar-refractivity contribution is 0.475. The van der Waals surface area contributed by atoms with Gasteiger partial charge in [-0.25, -0.2) is 0 Å². The third kappa shape index (κ3) is 4.49. The van der Waals surface area contributed by atoms with Gasteiger partial charge in [-0.3, -0.25) is 0 Å². The van der Waals surface area contributed by atoms with Crippen molar-refractivity contribution in [3.8, 4) is 11.5 Å². The van der Waals surface area contributed by atoms with E-state index in [0.717, 1.165) is 17.5 Å². The van der Waals surface area contributed by atoms with Crippen LogP contribution in [0.2, 0.25) is 0 Å². The Morgan fingerprint density at radius 1 is 0.808 bits per heavy atom. The van der Waals surface area contributed by atoms with Gasteiger partial charge in [0.2, 0.25) is 0 Å². The molecule has 1 saturated carbocycles. The highest BCUT2D eigenvalue weighted by molar-refractivity contribution is 5.82. The molecule has 0 aliphatic heterocycles. The molecule has 0 aromatic heterocycles. The number of phenols is 2. The molecule has 3 rings (SSSR count). The molecule has 26 heavy (non-hydrogen) atoms. The van der Waals surface area contributed by atoms with Crippen LogP contribution in [0.5, 0.6) is 11.5 Å². The zero-order valence-electron chi connectivity index (χ0n) is 15.7. The lowest BCUT2D eigenvalue weighted by Crippen LogP contribution is -2.05. The van der Waals surface area contributed by atoms with Crippen LogP contribution in [0.3, 0.4) is 0 Å². The fraction of sp³-hybridized carbons (Fsp3) is 0.417. The maximum Gasteiger partial charge on any atom is 0.115 e. The molecular formula is C24H30O2. The number of phenolic OH excluding ortho intramolecular Hbond substituents is 2. The van der Waals surface area contributed by atoms with Gasteiger partial charge in [0.1, 0.15) is 11.5 Å². The number of aromatic hydroxyl groups is 2. The summed E-state index contributed by atoms with van der Waals surface area (Å²) in [6, 6.07) is 15.2. The first-order valence-electron chi connectivity index (χ1n) is 10.0. The number of benzene rings is 2. The first-order valence-corrected chi connectivity index (χ1v) is 10.0. The first kappa shape index (κ1) is 18.6. The van der Waals surface area contributed by atoms with Gasteiger partial charge in [-0.15, -0.1) is 0 Å². The Morgan fingerprint density at radius 3 is 1.77 bits per heavy atom. The Morgan fingerprint density at radius 2 is 1.31 bits per heavy atom. The second-order valence-electron chi connectivity index (χ2n) is 7.43. The third-order valence-electron chi connectivity index (χ3n) is 5.53. The number of unbranched alkanes of at least 4 members (excludes halogenated alkanes) is 2. The van der Waals surface area contributed by atoms with Gasteiger partial charge in [-0.1, -0.05) is 62.4 Å². The SMILES string of the molecule is CCCCCC(=C(c1ccc(O)cc1)c1ccc(O)cc1)C1CCCC1. The van der Waals surface area contributed by atoms with E-state index >= 15 is 0 Å². The summed E-state index contributed by atoms with van der Waals surface area (Å²) in [5, 5.41) is 19.4. The van der Waals surface area contributed by atoms with Crippen molar-refractivity contribution in [2.24, 2.45) is 5.92 Å². The van der Waals surface area contributed by atoms with Crippen LogP contribution in [0.1, 0.15) is 69.4 Å². The highest BCUT2D eigenvalue weighted by Gasteiger charge is 2.23. The second-order valence-corrected chi connectivity index (χ2v) is 7.43. The minimum absolute atomic E-state index is 0.298. The van der Waals surface area contributed by atoms with Gasteiger partial charge in [-0.05, 0) is 72.6 Å². The molecule has 0 unspecified atom stereocenters. The zero-order chi connectivity index (χ0) is 18.4. The number of rotatable bonds is 7. The average molecular weight is 351 g/mol. The summed E-state index contributed by atoms with van der Waals surface area (Å²) in [5.41, 5.74) is 5.18. The van der Waals surface area contributed by atoms with Gasteiger partial charge < -0.3 is 10.2 Å². The van der Waals surface area contributed by atoms with Crippen LogP contribution in [-0.2, 0) is 0 Å². The standard InChI is InChI=1S/C24H30O2/c1-2-3-4-9-23(18-7-5-6-8-18)24(19-10-14-21(25)15-11-19)20-12-16-22(26)17-13-20/h10-18,25-26H,2-9H2,1H3. The fourth-order valence-electron chi connectivity index (χ4n) is 4.17. The normalized spacial score (nSPS) is 14.5. The molecule has 2 nitrogen and oxygen atoms in total. The van der Waals surface area contributed by atoms with Crippen LogP contribution in [0.25, 0.3) is 5.57 Å². The maximum absolute atomic E-state index is 9.72. The highest BCUT2D eigenvalue weighted by Crippen LogP contribution is 2.41. The van der Waals surface area contributed by atoms with Crippen molar-refractivity contribution >= 4 is 5.57 Å². The van der Waals surface area contributed by atoms with Crippen molar-refractivity contribution in [3.63, 3.8) is 0 Å². The lowest BCUT2D eigenvalue weighted by atomic mass is 9.83. The molecule has 2 aromatic carbocycles. The van der Waals surface area contributed by atoms with Crippen LogP contribution >= 0.6 is 0 Å². The van der Waals surface area contributed by atoms with Gasteiger partial charge in [0.15, 0.2) is 0 Å². The van der Waals surface area contributed by atoms with E-state index in [4.69, 9.17) is 0 Å². The molecule has 2 aromatic rings. The van der Waals surface area contributed by atoms with Crippen LogP contribution in [0, 0.1) is 5.92 Å². The molecule has 0 radical (unpaired) electrons. The topological polar surface area (TPSA) is 40.5 Å². The first-order chi connectivity index (χ1) is 12.7. The Hall–Kier alpha value is -2.22. The van der Waals surface area contributed by atoms with Gasteiger partial charge in [-0.2, -0.15) is 0 Å².